The van der Waals surface area contributed by atoms with Crippen LogP contribution in [0.1, 0.15) is 74.3 Å². The summed E-state index contributed by atoms with van der Waals surface area (Å²) in [6, 6.07) is 22.1. The van der Waals surface area contributed by atoms with Gasteiger partial charge in [0.15, 0.2) is 0 Å². The summed E-state index contributed by atoms with van der Waals surface area (Å²) < 4.78 is 5.65. The van der Waals surface area contributed by atoms with Gasteiger partial charge in [-0.3, -0.25) is 0 Å². The molecule has 0 heterocycles. The maximum absolute atomic E-state index is 9.91. The van der Waals surface area contributed by atoms with Crippen molar-refractivity contribution >= 4 is 5.69 Å². The lowest BCUT2D eigenvalue weighted by Gasteiger charge is -2.34. The number of aromatic hydroxyl groups is 1. The van der Waals surface area contributed by atoms with Crippen LogP contribution in [-0.2, 0) is 24.8 Å². The molecule has 0 aromatic heterocycles. The van der Waals surface area contributed by atoms with Crippen LogP contribution in [0.4, 0.5) is 5.69 Å². The summed E-state index contributed by atoms with van der Waals surface area (Å²) in [6.45, 7) is 10.9. The third kappa shape index (κ3) is 5.80. The van der Waals surface area contributed by atoms with Crippen LogP contribution in [0.2, 0.25) is 0 Å². The van der Waals surface area contributed by atoms with Crippen molar-refractivity contribution in [2.45, 2.75) is 77.3 Å². The van der Waals surface area contributed by atoms with Crippen molar-refractivity contribution in [2.75, 3.05) is 25.6 Å². The number of phenolic OH excluding ortho intramolecular Hbond substituents is 1. The molecule has 0 spiro atoms. The lowest BCUT2D eigenvalue weighted by atomic mass is 9.76. The largest absolute Gasteiger partial charge is 0.508 e. The number of fused-ring (bicyclic) bond motifs is 1. The Bertz CT molecular complexity index is 1180. The van der Waals surface area contributed by atoms with Crippen LogP contribution in [-0.4, -0.2) is 31.9 Å². The van der Waals surface area contributed by atoms with Gasteiger partial charge >= 0.3 is 0 Å². The first-order valence-corrected chi connectivity index (χ1v) is 13.8. The molecule has 1 aliphatic carbocycles. The summed E-state index contributed by atoms with van der Waals surface area (Å²) in [6.07, 6.45) is 4.18. The average molecular weight is 501 g/mol. The maximum Gasteiger partial charge on any atom is 0.120 e. The normalized spacial score (nSPS) is 16.2. The maximum atomic E-state index is 9.91. The molecule has 4 nitrogen and oxygen atoms in total. The van der Waals surface area contributed by atoms with Gasteiger partial charge in [0.25, 0.3) is 0 Å². The standard InChI is InChI=1S/C33H44N2O2/c1-7-32(34-5)33(3,4)27-14-9-23(10-15-27)22-35(8-2)31-21-29(37-6)17-18-30(31)26-12-11-25-20-28(36)16-13-24(25)19-26/h9-10,13-18,20-21,26,32,34,36H,7-8,11-12,19,22H2,1-6H3/t26-,32?/m1/s1. The Morgan fingerprint density at radius 3 is 2.43 bits per heavy atom. The van der Waals surface area contributed by atoms with Crippen molar-refractivity contribution in [3.8, 4) is 11.5 Å². The van der Waals surface area contributed by atoms with Gasteiger partial charge < -0.3 is 20.1 Å². The van der Waals surface area contributed by atoms with E-state index in [-0.39, 0.29) is 5.41 Å². The smallest absolute Gasteiger partial charge is 0.120 e. The first-order chi connectivity index (χ1) is 17.8. The topological polar surface area (TPSA) is 44.7 Å². The monoisotopic (exact) mass is 500 g/mol. The van der Waals surface area contributed by atoms with Crippen LogP contribution in [0.5, 0.6) is 11.5 Å². The van der Waals surface area contributed by atoms with E-state index in [0.717, 1.165) is 44.5 Å². The van der Waals surface area contributed by atoms with E-state index in [0.29, 0.717) is 17.7 Å². The molecule has 0 saturated heterocycles. The molecular formula is C33H44N2O2. The van der Waals surface area contributed by atoms with Gasteiger partial charge in [0, 0.05) is 36.3 Å². The number of nitrogens with one attached hydrogen (secondary N) is 1. The second kappa shape index (κ2) is 11.6. The lowest BCUT2D eigenvalue weighted by Crippen LogP contribution is -2.42. The second-order valence-corrected chi connectivity index (χ2v) is 11.0. The van der Waals surface area contributed by atoms with Crippen LogP contribution in [0.25, 0.3) is 0 Å². The quantitative estimate of drug-likeness (QED) is 0.315. The molecule has 0 fully saturated rings. The molecule has 0 aliphatic heterocycles. The molecular weight excluding hydrogens is 456 g/mol. The van der Waals surface area contributed by atoms with Gasteiger partial charge in [-0.05, 0) is 91.6 Å². The highest BCUT2D eigenvalue weighted by atomic mass is 16.5. The number of phenols is 1. The van der Waals surface area contributed by atoms with Crippen molar-refractivity contribution in [2.24, 2.45) is 0 Å². The van der Waals surface area contributed by atoms with Gasteiger partial charge in [0.1, 0.15) is 11.5 Å². The number of ether oxygens (including phenoxy) is 1. The first kappa shape index (κ1) is 27.1. The predicted molar refractivity (Wildman–Crippen MR) is 155 cm³/mol. The Balaban J connectivity index is 1.60. The van der Waals surface area contributed by atoms with Crippen LogP contribution >= 0.6 is 0 Å². The van der Waals surface area contributed by atoms with E-state index in [4.69, 9.17) is 4.74 Å². The summed E-state index contributed by atoms with van der Waals surface area (Å²) >= 11 is 0. The zero-order valence-corrected chi connectivity index (χ0v) is 23.5. The molecule has 0 amide bonds. The van der Waals surface area contributed by atoms with Gasteiger partial charge in [-0.25, -0.2) is 0 Å². The Morgan fingerprint density at radius 2 is 1.78 bits per heavy atom. The number of benzene rings is 3. The molecule has 198 valence electrons. The third-order valence-corrected chi connectivity index (χ3v) is 8.52. The Morgan fingerprint density at radius 1 is 1.03 bits per heavy atom. The number of hydrogen-bond donors (Lipinski definition) is 2. The molecule has 3 aromatic carbocycles. The molecule has 0 bridgehead atoms. The minimum Gasteiger partial charge on any atom is -0.508 e. The lowest BCUT2D eigenvalue weighted by molar-refractivity contribution is 0.350. The van der Waals surface area contributed by atoms with E-state index in [2.05, 4.69) is 93.5 Å². The van der Waals surface area contributed by atoms with Crippen molar-refractivity contribution in [1.29, 1.82) is 0 Å². The minimum atomic E-state index is 0.0699. The number of nitrogens with zero attached hydrogens (tertiary/aromatic N) is 1. The molecule has 0 radical (unpaired) electrons. The minimum absolute atomic E-state index is 0.0699. The highest BCUT2D eigenvalue weighted by Gasteiger charge is 2.29. The van der Waals surface area contributed by atoms with Crippen molar-refractivity contribution in [1.82, 2.24) is 5.32 Å². The van der Waals surface area contributed by atoms with Crippen molar-refractivity contribution in [3.05, 3.63) is 88.5 Å². The molecule has 2 N–H and O–H groups in total. The van der Waals surface area contributed by atoms with Crippen LogP contribution < -0.4 is 15.0 Å². The molecule has 0 saturated carbocycles. The van der Waals surface area contributed by atoms with Gasteiger partial charge in [-0.2, -0.15) is 0 Å². The van der Waals surface area contributed by atoms with E-state index >= 15 is 0 Å². The molecule has 4 rings (SSSR count). The van der Waals surface area contributed by atoms with E-state index < -0.39 is 0 Å². The Kier molecular flexibility index (Phi) is 8.49. The van der Waals surface area contributed by atoms with E-state index in [1.54, 1.807) is 7.11 Å². The number of rotatable bonds is 10. The molecule has 1 unspecified atom stereocenters. The van der Waals surface area contributed by atoms with Crippen LogP contribution in [0.3, 0.4) is 0 Å². The molecule has 3 aromatic rings. The number of likely N-dealkylation sites (N-methyl/N-ethyl adjacent to an activating group) is 1. The fourth-order valence-corrected chi connectivity index (χ4v) is 6.18. The van der Waals surface area contributed by atoms with Gasteiger partial charge in [-0.1, -0.05) is 57.2 Å². The summed E-state index contributed by atoms with van der Waals surface area (Å²) in [5, 5.41) is 13.4. The average Bonchev–Trinajstić information content (AvgIpc) is 2.92. The summed E-state index contributed by atoms with van der Waals surface area (Å²) in [5.74, 6) is 1.71. The van der Waals surface area contributed by atoms with Gasteiger partial charge in [0.2, 0.25) is 0 Å². The zero-order chi connectivity index (χ0) is 26.6. The summed E-state index contributed by atoms with van der Waals surface area (Å²) in [5.41, 5.74) is 8.04. The molecule has 1 aliphatic rings. The molecule has 37 heavy (non-hydrogen) atoms. The summed E-state index contributed by atoms with van der Waals surface area (Å²) in [4.78, 5) is 2.48. The van der Waals surface area contributed by atoms with Crippen molar-refractivity contribution < 1.29 is 9.84 Å². The Labute approximate surface area is 223 Å². The van der Waals surface area contributed by atoms with E-state index in [1.165, 1.54) is 33.5 Å². The number of methoxy groups -OCH3 is 1. The fraction of sp³-hybridized carbons (Fsp3) is 0.455. The van der Waals surface area contributed by atoms with E-state index in [9.17, 15) is 5.11 Å². The van der Waals surface area contributed by atoms with Gasteiger partial charge in [0.05, 0.1) is 7.11 Å². The first-order valence-electron chi connectivity index (χ1n) is 13.8. The fourth-order valence-electron chi connectivity index (χ4n) is 6.18. The highest BCUT2D eigenvalue weighted by Crippen LogP contribution is 2.40. The Hall–Kier alpha value is -2.98. The number of hydrogen-bond acceptors (Lipinski definition) is 4. The number of anilines is 1. The van der Waals surface area contributed by atoms with E-state index in [1.807, 2.05) is 12.1 Å². The summed E-state index contributed by atoms with van der Waals surface area (Å²) in [7, 11) is 3.80. The van der Waals surface area contributed by atoms with Crippen LogP contribution in [0, 0.1) is 0 Å². The van der Waals surface area contributed by atoms with Crippen LogP contribution in [0.15, 0.2) is 60.7 Å². The molecule has 4 heteroatoms. The third-order valence-electron chi connectivity index (χ3n) is 8.52. The second-order valence-electron chi connectivity index (χ2n) is 11.0. The van der Waals surface area contributed by atoms with Gasteiger partial charge in [-0.15, -0.1) is 0 Å². The van der Waals surface area contributed by atoms with Crippen molar-refractivity contribution in [3.63, 3.8) is 0 Å². The SMILES string of the molecule is CCC(NC)C(C)(C)c1ccc(CN(CC)c2cc(OC)ccc2[C@@H]2CCc3cc(O)ccc3C2)cc1. The number of aryl methyl sites for hydroxylation is 1. The zero-order valence-electron chi connectivity index (χ0n) is 23.5. The predicted octanol–water partition coefficient (Wildman–Crippen LogP) is 6.98. The highest BCUT2D eigenvalue weighted by molar-refractivity contribution is 5.60. The molecule has 2 atom stereocenters.